The Labute approximate surface area is 105 Å². The molecule has 18 heavy (non-hydrogen) atoms. The SMILES string of the molecule is CCOC(=O)CN(C1CC1)S(=O)(=O)c1ccn[nH]1. The van der Waals surface area contributed by atoms with Crippen LogP contribution in [0.3, 0.4) is 0 Å². The fourth-order valence-corrected chi connectivity index (χ4v) is 3.15. The molecule has 8 heteroatoms. The summed E-state index contributed by atoms with van der Waals surface area (Å²) in [4.78, 5) is 11.4. The van der Waals surface area contributed by atoms with Gasteiger partial charge in [0.2, 0.25) is 0 Å². The molecule has 100 valence electrons. The summed E-state index contributed by atoms with van der Waals surface area (Å²) in [6.45, 7) is 1.67. The zero-order valence-electron chi connectivity index (χ0n) is 10.00. The van der Waals surface area contributed by atoms with Gasteiger partial charge in [-0.2, -0.15) is 9.40 Å². The topological polar surface area (TPSA) is 92.4 Å². The van der Waals surface area contributed by atoms with E-state index in [9.17, 15) is 13.2 Å². The molecule has 1 aromatic rings. The number of aromatic nitrogens is 2. The fraction of sp³-hybridized carbons (Fsp3) is 0.600. The van der Waals surface area contributed by atoms with Crippen molar-refractivity contribution in [3.8, 4) is 0 Å². The molecule has 1 aromatic heterocycles. The molecule has 0 saturated heterocycles. The van der Waals surface area contributed by atoms with Gasteiger partial charge in [-0.05, 0) is 25.8 Å². The lowest BCUT2D eigenvalue weighted by atomic mass is 10.6. The molecule has 1 saturated carbocycles. The van der Waals surface area contributed by atoms with Crippen molar-refractivity contribution in [1.29, 1.82) is 0 Å². The Hall–Kier alpha value is -1.41. The predicted molar refractivity (Wildman–Crippen MR) is 62.1 cm³/mol. The number of sulfonamides is 1. The van der Waals surface area contributed by atoms with E-state index in [1.807, 2.05) is 0 Å². The summed E-state index contributed by atoms with van der Waals surface area (Å²) in [6.07, 6.45) is 2.90. The van der Waals surface area contributed by atoms with Gasteiger partial charge in [-0.25, -0.2) is 8.42 Å². The van der Waals surface area contributed by atoms with Crippen molar-refractivity contribution in [1.82, 2.24) is 14.5 Å². The Kier molecular flexibility index (Phi) is 3.67. The fourth-order valence-electron chi connectivity index (χ4n) is 1.62. The second kappa shape index (κ2) is 5.07. The van der Waals surface area contributed by atoms with Crippen LogP contribution in [0.4, 0.5) is 0 Å². The van der Waals surface area contributed by atoms with E-state index in [-0.39, 0.29) is 24.2 Å². The van der Waals surface area contributed by atoms with E-state index in [2.05, 4.69) is 10.2 Å². The lowest BCUT2D eigenvalue weighted by Crippen LogP contribution is -2.38. The highest BCUT2D eigenvalue weighted by Gasteiger charge is 2.40. The van der Waals surface area contributed by atoms with Gasteiger partial charge in [0.25, 0.3) is 10.0 Å². The summed E-state index contributed by atoms with van der Waals surface area (Å²) in [7, 11) is -3.69. The number of hydrogen-bond donors (Lipinski definition) is 1. The van der Waals surface area contributed by atoms with Crippen LogP contribution in [0.2, 0.25) is 0 Å². The van der Waals surface area contributed by atoms with Crippen LogP contribution in [-0.2, 0) is 19.6 Å². The van der Waals surface area contributed by atoms with Gasteiger partial charge in [-0.15, -0.1) is 0 Å². The van der Waals surface area contributed by atoms with Gasteiger partial charge in [0.05, 0.1) is 12.8 Å². The van der Waals surface area contributed by atoms with E-state index in [1.165, 1.54) is 16.6 Å². The molecule has 7 nitrogen and oxygen atoms in total. The summed E-state index contributed by atoms with van der Waals surface area (Å²) >= 11 is 0. The molecule has 0 aromatic carbocycles. The van der Waals surface area contributed by atoms with Crippen LogP contribution in [0.15, 0.2) is 17.3 Å². The maximum Gasteiger partial charge on any atom is 0.321 e. The Morgan fingerprint density at radius 3 is 2.83 bits per heavy atom. The van der Waals surface area contributed by atoms with Crippen molar-refractivity contribution < 1.29 is 17.9 Å². The Morgan fingerprint density at radius 2 is 2.33 bits per heavy atom. The summed E-state index contributed by atoms with van der Waals surface area (Å²) < 4.78 is 30.5. The standard InChI is InChI=1S/C10H15N3O4S/c1-2-17-10(14)7-13(8-3-4-8)18(15,16)9-5-6-11-12-9/h5-6,8H,2-4,7H2,1H3,(H,11,12). The third-order valence-electron chi connectivity index (χ3n) is 2.61. The van der Waals surface area contributed by atoms with Gasteiger partial charge in [0, 0.05) is 6.04 Å². The van der Waals surface area contributed by atoms with Crippen LogP contribution in [0.25, 0.3) is 0 Å². The number of rotatable bonds is 6. The number of carbonyl (C=O) groups is 1. The van der Waals surface area contributed by atoms with Crippen molar-refractivity contribution in [2.24, 2.45) is 0 Å². The number of esters is 1. The number of carbonyl (C=O) groups excluding carboxylic acids is 1. The maximum atomic E-state index is 12.3. The number of nitrogens with zero attached hydrogens (tertiary/aromatic N) is 2. The Morgan fingerprint density at radius 1 is 1.61 bits per heavy atom. The van der Waals surface area contributed by atoms with Gasteiger partial charge >= 0.3 is 5.97 Å². The van der Waals surface area contributed by atoms with E-state index < -0.39 is 16.0 Å². The lowest BCUT2D eigenvalue weighted by Gasteiger charge is -2.19. The van der Waals surface area contributed by atoms with Gasteiger partial charge < -0.3 is 4.74 Å². The number of hydrogen-bond acceptors (Lipinski definition) is 5. The summed E-state index contributed by atoms with van der Waals surface area (Å²) in [5.74, 6) is -0.535. The first-order valence-electron chi connectivity index (χ1n) is 5.72. The van der Waals surface area contributed by atoms with Gasteiger partial charge in [0.15, 0.2) is 5.03 Å². The highest BCUT2D eigenvalue weighted by Crippen LogP contribution is 2.31. The molecule has 1 aliphatic carbocycles. The third-order valence-corrected chi connectivity index (χ3v) is 4.43. The Balaban J connectivity index is 2.18. The minimum atomic E-state index is -3.69. The van der Waals surface area contributed by atoms with Crippen LogP contribution in [0.1, 0.15) is 19.8 Å². The van der Waals surface area contributed by atoms with E-state index in [0.717, 1.165) is 12.8 Å². The van der Waals surface area contributed by atoms with E-state index in [4.69, 9.17) is 4.74 Å². The zero-order valence-corrected chi connectivity index (χ0v) is 10.8. The molecule has 1 N–H and O–H groups in total. The first-order valence-corrected chi connectivity index (χ1v) is 7.16. The normalized spacial score (nSPS) is 15.9. The highest BCUT2D eigenvalue weighted by molar-refractivity contribution is 7.89. The largest absolute Gasteiger partial charge is 0.465 e. The zero-order chi connectivity index (χ0) is 13.2. The molecule has 0 amide bonds. The van der Waals surface area contributed by atoms with Crippen molar-refractivity contribution in [2.75, 3.05) is 13.2 Å². The smallest absolute Gasteiger partial charge is 0.321 e. The predicted octanol–water partition coefficient (Wildman–Crippen LogP) is 0.126. The number of aromatic amines is 1. The van der Waals surface area contributed by atoms with Crippen molar-refractivity contribution >= 4 is 16.0 Å². The van der Waals surface area contributed by atoms with Crippen LogP contribution in [0, 0.1) is 0 Å². The molecular formula is C10H15N3O4S. The molecule has 0 unspecified atom stereocenters. The second-order valence-corrected chi connectivity index (χ2v) is 5.87. The number of nitrogens with one attached hydrogen (secondary N) is 1. The molecule has 2 rings (SSSR count). The van der Waals surface area contributed by atoms with Crippen LogP contribution >= 0.6 is 0 Å². The summed E-state index contributed by atoms with van der Waals surface area (Å²) in [5, 5.41) is 6.03. The lowest BCUT2D eigenvalue weighted by molar-refractivity contribution is -0.143. The van der Waals surface area contributed by atoms with Crippen LogP contribution in [-0.4, -0.2) is 48.1 Å². The molecule has 0 bridgehead atoms. The maximum absolute atomic E-state index is 12.3. The average Bonchev–Trinajstić information content (AvgIpc) is 2.98. The average molecular weight is 273 g/mol. The molecule has 1 heterocycles. The van der Waals surface area contributed by atoms with Gasteiger partial charge in [-0.1, -0.05) is 0 Å². The van der Waals surface area contributed by atoms with Crippen LogP contribution < -0.4 is 0 Å². The van der Waals surface area contributed by atoms with Crippen molar-refractivity contribution in [2.45, 2.75) is 30.8 Å². The van der Waals surface area contributed by atoms with Crippen LogP contribution in [0.5, 0.6) is 0 Å². The molecule has 1 fully saturated rings. The number of ether oxygens (including phenoxy) is 1. The third kappa shape index (κ3) is 2.70. The summed E-state index contributed by atoms with van der Waals surface area (Å²) in [6, 6.07) is 1.26. The molecular weight excluding hydrogens is 258 g/mol. The molecule has 0 aliphatic heterocycles. The highest BCUT2D eigenvalue weighted by atomic mass is 32.2. The van der Waals surface area contributed by atoms with E-state index in [0.29, 0.717) is 0 Å². The van der Waals surface area contributed by atoms with Gasteiger partial charge in [-0.3, -0.25) is 9.89 Å². The Bertz CT molecular complexity index is 507. The minimum Gasteiger partial charge on any atom is -0.465 e. The quantitative estimate of drug-likeness (QED) is 0.743. The number of H-pyrrole nitrogens is 1. The van der Waals surface area contributed by atoms with Crippen molar-refractivity contribution in [3.05, 3.63) is 12.3 Å². The monoisotopic (exact) mass is 273 g/mol. The van der Waals surface area contributed by atoms with Crippen molar-refractivity contribution in [3.63, 3.8) is 0 Å². The molecule has 0 spiro atoms. The molecule has 0 radical (unpaired) electrons. The van der Waals surface area contributed by atoms with E-state index >= 15 is 0 Å². The second-order valence-electron chi connectivity index (χ2n) is 4.01. The minimum absolute atomic E-state index is 0.00121. The van der Waals surface area contributed by atoms with Gasteiger partial charge in [0.1, 0.15) is 6.54 Å². The molecule has 1 aliphatic rings. The first kappa shape index (κ1) is 13.0. The van der Waals surface area contributed by atoms with E-state index in [1.54, 1.807) is 6.92 Å². The first-order chi connectivity index (χ1) is 8.55. The molecule has 0 atom stereocenters. The summed E-state index contributed by atoms with van der Waals surface area (Å²) in [5.41, 5.74) is 0.